The fraction of sp³-hybridized carbons (Fsp3) is 0.111. The Morgan fingerprint density at radius 1 is 1.08 bits per heavy atom. The topological polar surface area (TPSA) is 62.3 Å². The van der Waals surface area contributed by atoms with E-state index in [0.29, 0.717) is 17.1 Å². The van der Waals surface area contributed by atoms with Gasteiger partial charge in [-0.3, -0.25) is 5.10 Å². The van der Waals surface area contributed by atoms with E-state index in [1.165, 1.54) is 7.11 Å². The average molecular weight is 340 g/mol. The molecule has 0 unspecified atom stereocenters. The summed E-state index contributed by atoms with van der Waals surface area (Å²) < 4.78 is 33.9. The molecular weight excluding hydrogens is 326 g/mol. The summed E-state index contributed by atoms with van der Waals surface area (Å²) in [5, 5.41) is 9.91. The summed E-state index contributed by atoms with van der Waals surface area (Å²) in [5.41, 5.74) is 3.50. The highest BCUT2D eigenvalue weighted by atomic mass is 19.1. The summed E-state index contributed by atoms with van der Waals surface area (Å²) in [4.78, 5) is 4.45. The van der Waals surface area contributed by atoms with Gasteiger partial charge in [0.25, 0.3) is 0 Å². The normalized spacial score (nSPS) is 12.6. The minimum Gasteiger partial charge on any atom is -0.497 e. The second kappa shape index (κ2) is 5.70. The summed E-state index contributed by atoms with van der Waals surface area (Å²) in [6.07, 6.45) is 1.56. The number of hydrogen-bond acceptors (Lipinski definition) is 4. The van der Waals surface area contributed by atoms with Crippen LogP contribution >= 0.6 is 0 Å². The van der Waals surface area contributed by atoms with E-state index in [4.69, 9.17) is 4.74 Å². The van der Waals surface area contributed by atoms with E-state index in [-0.39, 0.29) is 17.1 Å². The van der Waals surface area contributed by atoms with Crippen LogP contribution in [0.25, 0.3) is 11.3 Å². The predicted molar refractivity (Wildman–Crippen MR) is 91.5 cm³/mol. The van der Waals surface area contributed by atoms with E-state index in [2.05, 4.69) is 20.5 Å². The number of aromatic nitrogens is 2. The predicted octanol–water partition coefficient (Wildman–Crippen LogP) is 4.18. The van der Waals surface area contributed by atoms with Gasteiger partial charge in [0.05, 0.1) is 35.9 Å². The molecule has 5 nitrogen and oxygen atoms in total. The van der Waals surface area contributed by atoms with E-state index in [1.54, 1.807) is 6.20 Å². The van der Waals surface area contributed by atoms with Gasteiger partial charge in [0.2, 0.25) is 0 Å². The number of aromatic amines is 1. The first-order chi connectivity index (χ1) is 12.1. The third kappa shape index (κ3) is 2.53. The molecule has 126 valence electrons. The van der Waals surface area contributed by atoms with Gasteiger partial charge >= 0.3 is 0 Å². The minimum atomic E-state index is -0.760. The number of nitrogens with one attached hydrogen (secondary N) is 2. The van der Waals surface area contributed by atoms with E-state index < -0.39 is 11.6 Å². The van der Waals surface area contributed by atoms with Crippen molar-refractivity contribution in [2.24, 2.45) is 4.99 Å². The number of hydrogen-bond donors (Lipinski definition) is 2. The first-order valence-corrected chi connectivity index (χ1v) is 7.60. The van der Waals surface area contributed by atoms with Crippen LogP contribution in [-0.4, -0.2) is 23.1 Å². The highest BCUT2D eigenvalue weighted by Gasteiger charge is 2.23. The number of benzene rings is 2. The number of halogens is 2. The summed E-state index contributed by atoms with van der Waals surface area (Å²) in [5.74, 6) is -1.34. The number of rotatable bonds is 2. The van der Waals surface area contributed by atoms with Crippen molar-refractivity contribution >= 4 is 17.2 Å². The van der Waals surface area contributed by atoms with Gasteiger partial charge in [-0.25, -0.2) is 13.8 Å². The molecule has 2 N–H and O–H groups in total. The van der Waals surface area contributed by atoms with Crippen LogP contribution in [0.4, 0.5) is 20.2 Å². The first kappa shape index (κ1) is 15.3. The molecular formula is C18H14F2N4O. The zero-order valence-electron chi connectivity index (χ0n) is 13.5. The molecule has 2 heterocycles. The summed E-state index contributed by atoms with van der Waals surface area (Å²) >= 11 is 0. The number of nitrogens with zero attached hydrogens (tertiary/aromatic N) is 2. The van der Waals surface area contributed by atoms with Crippen molar-refractivity contribution in [2.75, 3.05) is 12.4 Å². The van der Waals surface area contributed by atoms with Crippen molar-refractivity contribution < 1.29 is 13.5 Å². The number of anilines is 1. The third-order valence-corrected chi connectivity index (χ3v) is 4.03. The van der Waals surface area contributed by atoms with Crippen LogP contribution in [0.5, 0.6) is 5.75 Å². The number of fused-ring (bicyclic) bond motifs is 3. The van der Waals surface area contributed by atoms with Gasteiger partial charge in [-0.15, -0.1) is 0 Å². The standard InChI is InChI=1S/C18H14F2N4O/c1-9-3-4-14-11(5-9)17-15(8-21-24-17)23-18(22-14)16-12(19)6-10(25-2)7-13(16)20/h3-8H,1-2H3,(H,21,24)(H,22,23). The van der Waals surface area contributed by atoms with E-state index in [1.807, 2.05) is 25.1 Å². The van der Waals surface area contributed by atoms with Crippen LogP contribution in [0.3, 0.4) is 0 Å². The van der Waals surface area contributed by atoms with E-state index in [9.17, 15) is 8.78 Å². The number of H-pyrrole nitrogens is 1. The number of aryl methyl sites for hydroxylation is 1. The molecule has 0 bridgehead atoms. The molecule has 0 radical (unpaired) electrons. The quantitative estimate of drug-likeness (QED) is 0.736. The molecule has 0 saturated carbocycles. The van der Waals surface area contributed by atoms with Crippen LogP contribution in [0.15, 0.2) is 41.5 Å². The van der Waals surface area contributed by atoms with Gasteiger partial charge in [0.15, 0.2) is 0 Å². The minimum absolute atomic E-state index is 0.0721. The Hall–Kier alpha value is -3.22. The monoisotopic (exact) mass is 340 g/mol. The molecule has 4 rings (SSSR count). The molecule has 1 aliphatic rings. The molecule has 0 spiro atoms. The zero-order chi connectivity index (χ0) is 17.6. The maximum absolute atomic E-state index is 14.5. The Balaban J connectivity index is 1.95. The highest BCUT2D eigenvalue weighted by molar-refractivity contribution is 6.13. The molecule has 25 heavy (non-hydrogen) atoms. The Labute approximate surface area is 142 Å². The van der Waals surface area contributed by atoms with E-state index in [0.717, 1.165) is 23.3 Å². The lowest BCUT2D eigenvalue weighted by Gasteiger charge is -2.11. The maximum Gasteiger partial charge on any atom is 0.144 e. The second-order valence-electron chi connectivity index (χ2n) is 5.73. The smallest absolute Gasteiger partial charge is 0.144 e. The Bertz CT molecular complexity index is 987. The SMILES string of the molecule is COc1cc(F)c(C2=Nc3ccc(C)cc3-c3[nH]ncc3N2)c(F)c1. The van der Waals surface area contributed by atoms with Gasteiger partial charge in [0.1, 0.15) is 23.2 Å². The fourth-order valence-corrected chi connectivity index (χ4v) is 2.82. The molecule has 3 aromatic rings. The highest BCUT2D eigenvalue weighted by Crippen LogP contribution is 2.38. The van der Waals surface area contributed by atoms with Gasteiger partial charge < -0.3 is 10.1 Å². The Morgan fingerprint density at radius 3 is 2.56 bits per heavy atom. The molecule has 0 aliphatic carbocycles. The van der Waals surface area contributed by atoms with Crippen LogP contribution in [0.1, 0.15) is 11.1 Å². The lowest BCUT2D eigenvalue weighted by molar-refractivity contribution is 0.406. The number of aliphatic imine (C=N–C) groups is 1. The van der Waals surface area contributed by atoms with Gasteiger partial charge in [0, 0.05) is 17.7 Å². The van der Waals surface area contributed by atoms with Crippen LogP contribution in [-0.2, 0) is 0 Å². The number of ether oxygens (including phenoxy) is 1. The lowest BCUT2D eigenvalue weighted by Crippen LogP contribution is -2.16. The van der Waals surface area contributed by atoms with Gasteiger partial charge in [-0.1, -0.05) is 11.6 Å². The van der Waals surface area contributed by atoms with Crippen molar-refractivity contribution in [3.8, 4) is 17.0 Å². The third-order valence-electron chi connectivity index (χ3n) is 4.03. The van der Waals surface area contributed by atoms with Crippen LogP contribution < -0.4 is 10.1 Å². The van der Waals surface area contributed by atoms with Crippen molar-refractivity contribution in [1.82, 2.24) is 10.2 Å². The molecule has 1 aliphatic heterocycles. The summed E-state index contributed by atoms with van der Waals surface area (Å²) in [7, 11) is 1.35. The fourth-order valence-electron chi connectivity index (χ4n) is 2.82. The zero-order valence-corrected chi connectivity index (χ0v) is 13.5. The van der Waals surface area contributed by atoms with Crippen molar-refractivity contribution in [1.29, 1.82) is 0 Å². The first-order valence-electron chi connectivity index (χ1n) is 7.60. The van der Waals surface area contributed by atoms with E-state index >= 15 is 0 Å². The molecule has 2 aromatic carbocycles. The lowest BCUT2D eigenvalue weighted by atomic mass is 10.1. The molecule has 0 amide bonds. The largest absolute Gasteiger partial charge is 0.497 e. The maximum atomic E-state index is 14.5. The summed E-state index contributed by atoms with van der Waals surface area (Å²) in [6.45, 7) is 1.96. The molecule has 0 fully saturated rings. The number of methoxy groups -OCH3 is 1. The molecule has 0 saturated heterocycles. The average Bonchev–Trinajstić information content (AvgIpc) is 2.98. The Morgan fingerprint density at radius 2 is 1.84 bits per heavy atom. The number of amidine groups is 1. The van der Waals surface area contributed by atoms with Crippen LogP contribution in [0.2, 0.25) is 0 Å². The summed E-state index contributed by atoms with van der Waals surface area (Å²) in [6, 6.07) is 7.89. The Kier molecular flexibility index (Phi) is 3.49. The van der Waals surface area contributed by atoms with Crippen LogP contribution in [0, 0.1) is 18.6 Å². The van der Waals surface area contributed by atoms with Crippen molar-refractivity contribution in [3.63, 3.8) is 0 Å². The second-order valence-corrected chi connectivity index (χ2v) is 5.73. The molecule has 0 atom stereocenters. The van der Waals surface area contributed by atoms with Crippen molar-refractivity contribution in [3.05, 3.63) is 59.3 Å². The van der Waals surface area contributed by atoms with Gasteiger partial charge in [-0.05, 0) is 19.1 Å². The van der Waals surface area contributed by atoms with Crippen molar-refractivity contribution in [2.45, 2.75) is 6.92 Å². The molecule has 7 heteroatoms. The van der Waals surface area contributed by atoms with Gasteiger partial charge in [-0.2, -0.15) is 5.10 Å². The molecule has 1 aromatic heterocycles.